The monoisotopic (exact) mass is 678 g/mol. The Kier molecular flexibility index (Phi) is 6.79. The summed E-state index contributed by atoms with van der Waals surface area (Å²) in [6.07, 6.45) is -10.3. The van der Waals surface area contributed by atoms with Crippen molar-refractivity contribution < 1.29 is 43.3 Å². The third kappa shape index (κ3) is 5.31. The van der Waals surface area contributed by atoms with Gasteiger partial charge in [0.2, 0.25) is 0 Å². The van der Waals surface area contributed by atoms with Gasteiger partial charge < -0.3 is 20.1 Å². The molecular weight excluding hydrogens is 649 g/mol. The Labute approximate surface area is 264 Å². The number of pyridine rings is 1. The lowest BCUT2D eigenvalue weighted by atomic mass is 9.95. The van der Waals surface area contributed by atoms with Crippen LogP contribution in [0.3, 0.4) is 0 Å². The number of hydrogen-bond donors (Lipinski definition) is 2. The minimum atomic E-state index is -5.38. The molecule has 2 aromatic heterocycles. The quantitative estimate of drug-likeness (QED) is 0.362. The van der Waals surface area contributed by atoms with Crippen molar-refractivity contribution in [3.8, 4) is 17.4 Å². The smallest absolute Gasteiger partial charge is 0.431 e. The number of halogens is 8. The molecule has 0 radical (unpaired) electrons. The number of rotatable bonds is 5. The van der Waals surface area contributed by atoms with Crippen LogP contribution in [0.15, 0.2) is 23.0 Å². The summed E-state index contributed by atoms with van der Waals surface area (Å²) >= 11 is 5.78. The Morgan fingerprint density at radius 1 is 1.09 bits per heavy atom. The van der Waals surface area contributed by atoms with Gasteiger partial charge in [-0.05, 0) is 44.3 Å². The van der Waals surface area contributed by atoms with E-state index in [-0.39, 0.29) is 68.0 Å². The SMILES string of the molecule is [2H]C1([2H])CC[C@@]2(COc3nc(N4C[C@H]5CC[C@@H](C4)N5)c4cc(C(F)(F)F)n(-c5cc(O)cc(Cl)c5C(F)(F)F)c(=O)c4n3)C[C@@H](F)CN12. The molecule has 7 rings (SSSR count). The summed E-state index contributed by atoms with van der Waals surface area (Å²) in [5.41, 5.74) is -8.33. The molecule has 46 heavy (non-hydrogen) atoms. The normalized spacial score (nSPS) is 28.4. The van der Waals surface area contributed by atoms with Crippen LogP contribution in [0.25, 0.3) is 16.6 Å². The average Bonchev–Trinajstić information content (AvgIpc) is 3.58. The van der Waals surface area contributed by atoms with Gasteiger partial charge in [0.15, 0.2) is 0 Å². The first-order valence-electron chi connectivity index (χ1n) is 15.6. The second kappa shape index (κ2) is 10.8. The van der Waals surface area contributed by atoms with Gasteiger partial charge in [-0.15, -0.1) is 0 Å². The summed E-state index contributed by atoms with van der Waals surface area (Å²) < 4.78 is 124. The molecule has 4 aliphatic rings. The van der Waals surface area contributed by atoms with Gasteiger partial charge in [-0.3, -0.25) is 14.3 Å². The summed E-state index contributed by atoms with van der Waals surface area (Å²) in [6, 6.07) is 0.766. The molecule has 0 aliphatic carbocycles. The van der Waals surface area contributed by atoms with Crippen molar-refractivity contribution in [1.82, 2.24) is 24.8 Å². The van der Waals surface area contributed by atoms with Crippen molar-refractivity contribution in [2.24, 2.45) is 0 Å². The van der Waals surface area contributed by atoms with Gasteiger partial charge in [0, 0.05) is 46.9 Å². The zero-order valence-electron chi connectivity index (χ0n) is 25.9. The van der Waals surface area contributed by atoms with E-state index >= 15 is 0 Å². The molecule has 2 N–H and O–H groups in total. The Morgan fingerprint density at radius 2 is 1.80 bits per heavy atom. The molecule has 3 aromatic rings. The van der Waals surface area contributed by atoms with E-state index in [1.807, 2.05) is 0 Å². The van der Waals surface area contributed by atoms with Gasteiger partial charge in [0.25, 0.3) is 5.56 Å². The number of alkyl halides is 7. The average molecular weight is 679 g/mol. The zero-order valence-corrected chi connectivity index (χ0v) is 24.6. The van der Waals surface area contributed by atoms with Crippen LogP contribution >= 0.6 is 11.6 Å². The molecule has 1 aromatic carbocycles. The first-order valence-corrected chi connectivity index (χ1v) is 14.9. The van der Waals surface area contributed by atoms with Gasteiger partial charge in [-0.2, -0.15) is 36.3 Å². The van der Waals surface area contributed by atoms with E-state index in [0.29, 0.717) is 18.2 Å². The number of benzene rings is 1. The summed E-state index contributed by atoms with van der Waals surface area (Å²) in [5, 5.41) is 11.9. The zero-order chi connectivity index (χ0) is 34.6. The third-order valence-electron chi connectivity index (χ3n) is 9.14. The largest absolute Gasteiger partial charge is 0.508 e. The number of aromatic hydroxyl groups is 1. The van der Waals surface area contributed by atoms with Crippen molar-refractivity contribution in [3.05, 3.63) is 44.8 Å². The number of phenolic OH excluding ortho intramolecular Hbond substituents is 1. The Hall–Kier alpha value is -3.37. The Morgan fingerprint density at radius 3 is 2.48 bits per heavy atom. The van der Waals surface area contributed by atoms with Crippen molar-refractivity contribution in [2.75, 3.05) is 37.6 Å². The van der Waals surface area contributed by atoms with Crippen LogP contribution in [-0.2, 0) is 12.4 Å². The standard InChI is InChI=1S/C29H28ClF7N6O3/c30-19-6-17(44)7-20(22(19)29(35,36)37)43-21(28(32,33)34)8-18-23(25(43)45)39-26(40-24(18)41-11-15-2-3-16(12-41)38-15)46-13-27-4-1-5-42(27)10-14(31)9-27/h6-8,14-16,38,44H,1-5,9-13H2/t14-,15-,16+,27+/m1/s1/i5D2. The molecule has 4 aliphatic heterocycles. The lowest BCUT2D eigenvalue weighted by Gasteiger charge is -2.35. The highest BCUT2D eigenvalue weighted by molar-refractivity contribution is 6.31. The Bertz CT molecular complexity index is 1850. The molecule has 0 spiro atoms. The lowest BCUT2D eigenvalue weighted by molar-refractivity contribution is -0.144. The number of piperazine rings is 1. The van der Waals surface area contributed by atoms with E-state index in [9.17, 15) is 40.6 Å². The molecule has 2 bridgehead atoms. The fraction of sp³-hybridized carbons (Fsp3) is 0.552. The fourth-order valence-electron chi connectivity index (χ4n) is 7.19. The van der Waals surface area contributed by atoms with Gasteiger partial charge >= 0.3 is 18.4 Å². The highest BCUT2D eigenvalue weighted by Gasteiger charge is 2.49. The van der Waals surface area contributed by atoms with Crippen molar-refractivity contribution in [1.29, 1.82) is 0 Å². The molecule has 6 heterocycles. The predicted octanol–water partition coefficient (Wildman–Crippen LogP) is 5.07. The second-order valence-electron chi connectivity index (χ2n) is 12.2. The molecule has 4 atom stereocenters. The highest BCUT2D eigenvalue weighted by atomic mass is 35.5. The van der Waals surface area contributed by atoms with Crippen LogP contribution in [0, 0.1) is 0 Å². The molecule has 9 nitrogen and oxygen atoms in total. The van der Waals surface area contributed by atoms with Crippen LogP contribution in [0.5, 0.6) is 11.8 Å². The number of nitrogens with zero attached hydrogens (tertiary/aromatic N) is 5. The lowest BCUT2D eigenvalue weighted by Crippen LogP contribution is -2.51. The number of nitrogens with one attached hydrogen (secondary N) is 1. The molecule has 0 unspecified atom stereocenters. The maximum Gasteiger partial charge on any atom is 0.431 e. The second-order valence-corrected chi connectivity index (χ2v) is 12.6. The summed E-state index contributed by atoms with van der Waals surface area (Å²) in [4.78, 5) is 25.6. The van der Waals surface area contributed by atoms with Gasteiger partial charge in [0.05, 0.1) is 27.2 Å². The molecule has 4 fully saturated rings. The van der Waals surface area contributed by atoms with Crippen LogP contribution in [0.1, 0.15) is 46.1 Å². The van der Waals surface area contributed by atoms with Crippen LogP contribution in [0.4, 0.5) is 36.6 Å². The molecule has 248 valence electrons. The van der Waals surface area contributed by atoms with Crippen LogP contribution in [0.2, 0.25) is 5.02 Å². The van der Waals surface area contributed by atoms with Crippen molar-refractivity contribution in [3.63, 3.8) is 0 Å². The fourth-order valence-corrected chi connectivity index (χ4v) is 7.50. The maximum atomic E-state index is 14.7. The number of fused-ring (bicyclic) bond motifs is 4. The minimum Gasteiger partial charge on any atom is -0.508 e. The minimum absolute atomic E-state index is 0.0440. The van der Waals surface area contributed by atoms with E-state index in [1.165, 1.54) is 4.90 Å². The molecule has 0 amide bonds. The van der Waals surface area contributed by atoms with Gasteiger partial charge in [-0.25, -0.2) is 4.39 Å². The predicted molar refractivity (Wildman–Crippen MR) is 153 cm³/mol. The van der Waals surface area contributed by atoms with Crippen LogP contribution < -0.4 is 20.5 Å². The van der Waals surface area contributed by atoms with E-state index in [4.69, 9.17) is 19.1 Å². The summed E-state index contributed by atoms with van der Waals surface area (Å²) in [5.74, 6) is -1.03. The van der Waals surface area contributed by atoms with Crippen molar-refractivity contribution >= 4 is 28.3 Å². The molecule has 0 saturated carbocycles. The van der Waals surface area contributed by atoms with E-state index in [1.54, 1.807) is 4.90 Å². The van der Waals surface area contributed by atoms with Crippen molar-refractivity contribution in [2.45, 2.75) is 68.3 Å². The summed E-state index contributed by atoms with van der Waals surface area (Å²) in [7, 11) is 0. The number of hydrogen-bond acceptors (Lipinski definition) is 8. The summed E-state index contributed by atoms with van der Waals surface area (Å²) in [6.45, 7) is -1.74. The van der Waals surface area contributed by atoms with Crippen LogP contribution in [-0.4, -0.2) is 81.1 Å². The third-order valence-corrected chi connectivity index (χ3v) is 9.43. The number of ether oxygens (including phenoxy) is 1. The number of phenols is 1. The first-order chi connectivity index (χ1) is 22.4. The highest BCUT2D eigenvalue weighted by Crippen LogP contribution is 2.44. The van der Waals surface area contributed by atoms with E-state index < -0.39 is 80.7 Å². The molecular formula is C29H28ClF7N6O3. The maximum absolute atomic E-state index is 14.7. The van der Waals surface area contributed by atoms with Gasteiger partial charge in [0.1, 0.15) is 35.6 Å². The van der Waals surface area contributed by atoms with E-state index in [0.717, 1.165) is 12.8 Å². The molecule has 17 heteroatoms. The van der Waals surface area contributed by atoms with Gasteiger partial charge in [-0.1, -0.05) is 11.6 Å². The number of aromatic nitrogens is 3. The molecule has 4 saturated heterocycles. The van der Waals surface area contributed by atoms with E-state index in [2.05, 4.69) is 15.3 Å². The Balaban J connectivity index is 1.44. The topological polar surface area (TPSA) is 95.8 Å². The first kappa shape index (κ1) is 28.8. The number of anilines is 1.